The van der Waals surface area contributed by atoms with Crippen molar-refractivity contribution < 1.29 is 38.0 Å². The number of rotatable bonds is 16. The Morgan fingerprint density at radius 2 is 1.42 bits per heavy atom. The van der Waals surface area contributed by atoms with Crippen molar-refractivity contribution in [3.8, 4) is 35.8 Å². The standard InChI is InChI=1S/C23H28N2O8/c1-2-22(26)32-14-12-28-8-3-9-29-13-15-33-23(27)5-4-19-16-20(30-10-6-24)18-21(17-19)31-11-7-25/h2,16-18H,1,3-5,8-9,12-15,24-25H2. The first-order valence-electron chi connectivity index (χ1n) is 10.1. The highest BCUT2D eigenvalue weighted by Crippen LogP contribution is 2.24. The smallest absolute Gasteiger partial charge is 0.330 e. The van der Waals surface area contributed by atoms with Crippen LogP contribution in [0.15, 0.2) is 30.9 Å². The van der Waals surface area contributed by atoms with Crippen molar-refractivity contribution in [1.82, 2.24) is 0 Å². The molecule has 0 bridgehead atoms. The lowest BCUT2D eigenvalue weighted by Gasteiger charge is -2.08. The van der Waals surface area contributed by atoms with Crippen LogP contribution in [0.4, 0.5) is 0 Å². The molecule has 0 aliphatic rings. The highest BCUT2D eigenvalue weighted by molar-refractivity contribution is 5.81. The maximum atomic E-state index is 12.0. The molecule has 10 nitrogen and oxygen atoms in total. The van der Waals surface area contributed by atoms with Gasteiger partial charge in [0.1, 0.15) is 36.9 Å². The normalized spacial score (nSPS) is 9.45. The van der Waals surface area contributed by atoms with E-state index in [1.807, 2.05) is 0 Å². The second-order valence-corrected chi connectivity index (χ2v) is 6.18. The highest BCUT2D eigenvalue weighted by atomic mass is 16.6. The van der Waals surface area contributed by atoms with Crippen LogP contribution in [-0.2, 0) is 35.0 Å². The van der Waals surface area contributed by atoms with E-state index in [4.69, 9.17) is 39.9 Å². The van der Waals surface area contributed by atoms with Gasteiger partial charge in [0, 0.05) is 43.9 Å². The van der Waals surface area contributed by atoms with E-state index in [0.717, 1.165) is 11.6 Å². The predicted molar refractivity (Wildman–Crippen MR) is 118 cm³/mol. The van der Waals surface area contributed by atoms with Gasteiger partial charge in [-0.2, -0.15) is 0 Å². The summed E-state index contributed by atoms with van der Waals surface area (Å²) in [5, 5.41) is 0. The van der Waals surface area contributed by atoms with E-state index >= 15 is 0 Å². The third-order valence-corrected chi connectivity index (χ3v) is 3.72. The largest absolute Gasteiger partial charge is 0.463 e. The summed E-state index contributed by atoms with van der Waals surface area (Å²) in [7, 11) is 0. The van der Waals surface area contributed by atoms with Crippen molar-refractivity contribution in [3.63, 3.8) is 0 Å². The SMILES string of the molecule is C=CC(=O)OCCOCCCOCCOC(=O)CCc1cc(OC#CN)cc(OC#CN)c1. The molecule has 1 aromatic carbocycles. The summed E-state index contributed by atoms with van der Waals surface area (Å²) in [6.07, 6.45) is 6.87. The van der Waals surface area contributed by atoms with Crippen molar-refractivity contribution >= 4 is 11.9 Å². The lowest BCUT2D eigenvalue weighted by atomic mass is 10.1. The summed E-state index contributed by atoms with van der Waals surface area (Å²) in [6, 6.07) is 9.24. The number of carbonyl (C=O) groups is 2. The number of nitrogens with two attached hydrogens (primary N) is 2. The highest BCUT2D eigenvalue weighted by Gasteiger charge is 2.08. The first-order valence-corrected chi connectivity index (χ1v) is 10.1. The number of hydrogen-bond donors (Lipinski definition) is 2. The molecule has 178 valence electrons. The molecular formula is C23H28N2O8. The molecule has 0 saturated carbocycles. The maximum Gasteiger partial charge on any atom is 0.330 e. The van der Waals surface area contributed by atoms with Crippen molar-refractivity contribution in [2.45, 2.75) is 19.3 Å². The molecule has 0 aliphatic heterocycles. The first-order chi connectivity index (χ1) is 16.1. The third kappa shape index (κ3) is 13.9. The van der Waals surface area contributed by atoms with Gasteiger partial charge in [-0.15, -0.1) is 0 Å². The molecule has 4 N–H and O–H groups in total. The average molecular weight is 460 g/mol. The van der Waals surface area contributed by atoms with Crippen LogP contribution < -0.4 is 20.9 Å². The van der Waals surface area contributed by atoms with Crippen molar-refractivity contribution in [2.75, 3.05) is 39.6 Å². The van der Waals surface area contributed by atoms with Gasteiger partial charge in [-0.05, 0) is 30.5 Å². The van der Waals surface area contributed by atoms with E-state index in [1.165, 1.54) is 0 Å². The average Bonchev–Trinajstić information content (AvgIpc) is 2.83. The summed E-state index contributed by atoms with van der Waals surface area (Å²) >= 11 is 0. The molecule has 0 aromatic heterocycles. The Labute approximate surface area is 193 Å². The van der Waals surface area contributed by atoms with Crippen LogP contribution in [0, 0.1) is 24.3 Å². The van der Waals surface area contributed by atoms with Gasteiger partial charge in [0.25, 0.3) is 0 Å². The Balaban J connectivity index is 2.19. The molecule has 0 spiro atoms. The number of esters is 2. The quantitative estimate of drug-likeness (QED) is 0.120. The monoisotopic (exact) mass is 460 g/mol. The lowest BCUT2D eigenvalue weighted by molar-refractivity contribution is -0.145. The zero-order chi connectivity index (χ0) is 24.2. The Hall–Kier alpha value is -3.86. The van der Waals surface area contributed by atoms with Crippen LogP contribution in [0.1, 0.15) is 18.4 Å². The summed E-state index contributed by atoms with van der Waals surface area (Å²) in [4.78, 5) is 22.8. The molecule has 0 amide bonds. The van der Waals surface area contributed by atoms with Crippen LogP contribution in [0.2, 0.25) is 0 Å². The van der Waals surface area contributed by atoms with E-state index in [1.54, 1.807) is 18.2 Å². The molecule has 0 saturated heterocycles. The molecule has 0 heterocycles. The minimum Gasteiger partial charge on any atom is -0.463 e. The van der Waals surface area contributed by atoms with Crippen molar-refractivity contribution in [2.24, 2.45) is 11.5 Å². The van der Waals surface area contributed by atoms with Crippen LogP contribution in [0.3, 0.4) is 0 Å². The van der Waals surface area contributed by atoms with Gasteiger partial charge in [0.2, 0.25) is 0 Å². The Bertz CT molecular complexity index is 840. The van der Waals surface area contributed by atoms with E-state index in [-0.39, 0.29) is 32.2 Å². The van der Waals surface area contributed by atoms with Crippen LogP contribution in [0.25, 0.3) is 0 Å². The number of carbonyl (C=O) groups excluding carboxylic acids is 2. The third-order valence-electron chi connectivity index (χ3n) is 3.72. The number of benzene rings is 1. The minimum absolute atomic E-state index is 0.146. The van der Waals surface area contributed by atoms with Gasteiger partial charge in [-0.1, -0.05) is 6.58 Å². The van der Waals surface area contributed by atoms with Gasteiger partial charge in [0.15, 0.2) is 0 Å². The van der Waals surface area contributed by atoms with E-state index in [0.29, 0.717) is 44.2 Å². The Morgan fingerprint density at radius 3 is 1.97 bits per heavy atom. The predicted octanol–water partition coefficient (Wildman–Crippen LogP) is 0.827. The van der Waals surface area contributed by atoms with Crippen molar-refractivity contribution in [3.05, 3.63) is 36.4 Å². The summed E-state index contributed by atoms with van der Waals surface area (Å²) in [6.45, 7) is 5.12. The van der Waals surface area contributed by atoms with Crippen molar-refractivity contribution in [1.29, 1.82) is 0 Å². The van der Waals surface area contributed by atoms with E-state index < -0.39 is 5.97 Å². The zero-order valence-corrected chi connectivity index (χ0v) is 18.3. The molecule has 0 atom stereocenters. The Morgan fingerprint density at radius 1 is 0.848 bits per heavy atom. The first kappa shape index (κ1) is 27.2. The van der Waals surface area contributed by atoms with Gasteiger partial charge < -0.3 is 39.9 Å². The van der Waals surface area contributed by atoms with Gasteiger partial charge in [-0.25, -0.2) is 4.79 Å². The second kappa shape index (κ2) is 17.8. The molecule has 0 unspecified atom stereocenters. The molecule has 0 fully saturated rings. The molecule has 10 heteroatoms. The summed E-state index contributed by atoms with van der Waals surface area (Å²) in [5.41, 5.74) is 11.0. The van der Waals surface area contributed by atoms with Crippen LogP contribution in [0.5, 0.6) is 11.5 Å². The van der Waals surface area contributed by atoms with E-state index in [2.05, 4.69) is 30.9 Å². The fourth-order valence-electron chi connectivity index (χ4n) is 2.33. The van der Waals surface area contributed by atoms with Crippen LogP contribution in [-0.4, -0.2) is 51.6 Å². The second-order valence-electron chi connectivity index (χ2n) is 6.18. The van der Waals surface area contributed by atoms with E-state index in [9.17, 15) is 9.59 Å². The molecule has 1 rings (SSSR count). The Kier molecular flexibility index (Phi) is 14.6. The summed E-state index contributed by atoms with van der Waals surface area (Å²) < 4.78 is 30.9. The maximum absolute atomic E-state index is 12.0. The molecular weight excluding hydrogens is 432 g/mol. The number of hydrogen-bond acceptors (Lipinski definition) is 10. The molecule has 1 aromatic rings. The summed E-state index contributed by atoms with van der Waals surface area (Å²) in [5.74, 6) is -0.0635. The fraction of sp³-hybridized carbons (Fsp3) is 0.391. The van der Waals surface area contributed by atoms with Gasteiger partial charge in [-0.3, -0.25) is 4.79 Å². The fourth-order valence-corrected chi connectivity index (χ4v) is 2.33. The molecule has 0 aliphatic carbocycles. The van der Waals surface area contributed by atoms with Gasteiger partial charge in [0.05, 0.1) is 13.2 Å². The topological polar surface area (TPSA) is 142 Å². The lowest BCUT2D eigenvalue weighted by Crippen LogP contribution is -2.13. The molecule has 0 radical (unpaired) electrons. The molecule has 33 heavy (non-hydrogen) atoms. The number of aryl methyl sites for hydroxylation is 1. The number of ether oxygens (including phenoxy) is 6. The zero-order valence-electron chi connectivity index (χ0n) is 18.3. The van der Waals surface area contributed by atoms with Crippen LogP contribution >= 0.6 is 0 Å². The van der Waals surface area contributed by atoms with Gasteiger partial charge >= 0.3 is 11.9 Å². The minimum atomic E-state index is -0.479.